The maximum Gasteiger partial charge on any atom is 0.312 e. The van der Waals surface area contributed by atoms with E-state index in [1.165, 1.54) is 11.3 Å². The number of nitrogens with one attached hydrogen (secondary N) is 2. The maximum absolute atomic E-state index is 12.4. The molecule has 1 aromatic rings. The van der Waals surface area contributed by atoms with Gasteiger partial charge in [-0.25, -0.2) is 4.79 Å². The number of urea groups is 1. The molecule has 0 saturated heterocycles. The van der Waals surface area contributed by atoms with Crippen molar-refractivity contribution in [1.29, 1.82) is 0 Å². The van der Waals surface area contributed by atoms with Crippen LogP contribution < -0.4 is 16.4 Å². The van der Waals surface area contributed by atoms with Gasteiger partial charge in [0, 0.05) is 10.4 Å². The summed E-state index contributed by atoms with van der Waals surface area (Å²) in [4.78, 5) is 24.5. The predicted molar refractivity (Wildman–Crippen MR) is 88.6 cm³/mol. The van der Waals surface area contributed by atoms with E-state index in [0.29, 0.717) is 0 Å². The van der Waals surface area contributed by atoms with Crippen LogP contribution in [0.5, 0.6) is 0 Å². The minimum atomic E-state index is -0.607. The Bertz CT molecular complexity index is 507. The van der Waals surface area contributed by atoms with E-state index < -0.39 is 6.03 Å². The molecule has 1 saturated carbocycles. The van der Waals surface area contributed by atoms with Gasteiger partial charge >= 0.3 is 6.03 Å². The number of carbonyl (C=O) groups is 2. The second kappa shape index (κ2) is 7.13. The monoisotopic (exact) mass is 323 g/mol. The quantitative estimate of drug-likeness (QED) is 0.778. The minimum absolute atomic E-state index is 0.0378. The Hall–Kier alpha value is -1.56. The van der Waals surface area contributed by atoms with Gasteiger partial charge in [0.15, 0.2) is 0 Å². The first kappa shape index (κ1) is 16.8. The van der Waals surface area contributed by atoms with Crippen molar-refractivity contribution >= 4 is 23.3 Å². The summed E-state index contributed by atoms with van der Waals surface area (Å²) >= 11 is 1.51. The Morgan fingerprint density at radius 2 is 2.14 bits per heavy atom. The molecule has 1 aliphatic carbocycles. The van der Waals surface area contributed by atoms with E-state index in [1.807, 2.05) is 17.5 Å². The molecule has 6 heteroatoms. The largest absolute Gasteiger partial charge is 0.352 e. The second-order valence-corrected chi connectivity index (χ2v) is 7.55. The highest BCUT2D eigenvalue weighted by atomic mass is 32.1. The van der Waals surface area contributed by atoms with E-state index >= 15 is 0 Å². The summed E-state index contributed by atoms with van der Waals surface area (Å²) < 4.78 is 0. The van der Waals surface area contributed by atoms with Crippen LogP contribution in [0.3, 0.4) is 0 Å². The molecule has 2 rings (SSSR count). The smallest absolute Gasteiger partial charge is 0.312 e. The van der Waals surface area contributed by atoms with Crippen molar-refractivity contribution in [1.82, 2.24) is 10.6 Å². The maximum atomic E-state index is 12.4. The molecule has 1 aliphatic rings. The Labute approximate surface area is 135 Å². The van der Waals surface area contributed by atoms with Crippen molar-refractivity contribution in [3.63, 3.8) is 0 Å². The molecule has 5 nitrogen and oxygen atoms in total. The summed E-state index contributed by atoms with van der Waals surface area (Å²) in [5, 5.41) is 7.74. The topological polar surface area (TPSA) is 84.2 Å². The van der Waals surface area contributed by atoms with Gasteiger partial charge in [0.25, 0.3) is 0 Å². The first-order valence-electron chi connectivity index (χ1n) is 7.78. The van der Waals surface area contributed by atoms with Gasteiger partial charge in [-0.15, -0.1) is 11.3 Å². The van der Waals surface area contributed by atoms with Crippen LogP contribution in [0.25, 0.3) is 0 Å². The summed E-state index contributed by atoms with van der Waals surface area (Å²) in [6, 6.07) is 2.84. The zero-order valence-electron chi connectivity index (χ0n) is 13.2. The summed E-state index contributed by atoms with van der Waals surface area (Å²) in [5.41, 5.74) is 5.09. The lowest BCUT2D eigenvalue weighted by atomic mass is 9.78. The number of rotatable bonds is 5. The lowest BCUT2D eigenvalue weighted by molar-refractivity contribution is -0.123. The SMILES string of the molecule is CC1CCC(C)(NC(=O)CC(NC(N)=O)c2cccs2)CC1. The number of hydrogen-bond donors (Lipinski definition) is 3. The van der Waals surface area contributed by atoms with E-state index in [-0.39, 0.29) is 23.9 Å². The first-order valence-corrected chi connectivity index (χ1v) is 8.66. The molecule has 1 fully saturated rings. The number of primary amides is 1. The molecular weight excluding hydrogens is 298 g/mol. The predicted octanol–water partition coefficient (Wildman–Crippen LogP) is 2.93. The molecule has 0 spiro atoms. The third-order valence-corrected chi connectivity index (χ3v) is 5.40. The Balaban J connectivity index is 1.95. The van der Waals surface area contributed by atoms with Crippen molar-refractivity contribution in [2.75, 3.05) is 0 Å². The highest BCUT2D eigenvalue weighted by Crippen LogP contribution is 2.32. The van der Waals surface area contributed by atoms with Crippen LogP contribution in [0, 0.1) is 5.92 Å². The van der Waals surface area contributed by atoms with E-state index in [9.17, 15) is 9.59 Å². The van der Waals surface area contributed by atoms with E-state index in [0.717, 1.165) is 36.5 Å². The van der Waals surface area contributed by atoms with Crippen LogP contribution in [-0.2, 0) is 4.79 Å². The molecule has 0 bridgehead atoms. The molecule has 122 valence electrons. The van der Waals surface area contributed by atoms with Crippen molar-refractivity contribution in [3.05, 3.63) is 22.4 Å². The van der Waals surface area contributed by atoms with Gasteiger partial charge in [0.1, 0.15) is 0 Å². The van der Waals surface area contributed by atoms with Crippen molar-refractivity contribution in [2.45, 2.75) is 57.5 Å². The molecule has 3 amide bonds. The number of thiophene rings is 1. The third-order valence-electron chi connectivity index (χ3n) is 4.41. The highest BCUT2D eigenvalue weighted by Gasteiger charge is 2.31. The standard InChI is InChI=1S/C16H25N3O2S/c1-11-5-7-16(2,8-6-11)19-14(20)10-12(18-15(17)21)13-4-3-9-22-13/h3-4,9,11-12H,5-8,10H2,1-2H3,(H,19,20)(H3,17,18,21). The summed E-state index contributed by atoms with van der Waals surface area (Å²) in [7, 11) is 0. The number of carbonyl (C=O) groups excluding carboxylic acids is 2. The van der Waals surface area contributed by atoms with Crippen LogP contribution >= 0.6 is 11.3 Å². The molecule has 22 heavy (non-hydrogen) atoms. The summed E-state index contributed by atoms with van der Waals surface area (Å²) in [6.45, 7) is 4.36. The summed E-state index contributed by atoms with van der Waals surface area (Å²) in [6.07, 6.45) is 4.52. The molecule has 1 atom stereocenters. The average Bonchev–Trinajstić information content (AvgIpc) is 2.95. The number of nitrogens with two attached hydrogens (primary N) is 1. The molecule has 0 aliphatic heterocycles. The molecule has 0 radical (unpaired) electrons. The molecule has 4 N–H and O–H groups in total. The third kappa shape index (κ3) is 4.73. The van der Waals surface area contributed by atoms with Crippen LogP contribution in [-0.4, -0.2) is 17.5 Å². The zero-order valence-corrected chi connectivity index (χ0v) is 14.0. The lowest BCUT2D eigenvalue weighted by Gasteiger charge is -2.37. The Kier molecular flexibility index (Phi) is 5.45. The van der Waals surface area contributed by atoms with Gasteiger partial charge in [-0.05, 0) is 50.0 Å². The fourth-order valence-corrected chi connectivity index (χ4v) is 3.76. The van der Waals surface area contributed by atoms with Crippen LogP contribution in [0.1, 0.15) is 56.9 Å². The van der Waals surface area contributed by atoms with Crippen molar-refractivity contribution < 1.29 is 9.59 Å². The lowest BCUT2D eigenvalue weighted by Crippen LogP contribution is -2.49. The van der Waals surface area contributed by atoms with Gasteiger partial charge in [-0.3, -0.25) is 4.79 Å². The van der Waals surface area contributed by atoms with Crippen LogP contribution in [0.15, 0.2) is 17.5 Å². The van der Waals surface area contributed by atoms with Crippen molar-refractivity contribution in [2.24, 2.45) is 11.7 Å². The minimum Gasteiger partial charge on any atom is -0.352 e. The van der Waals surface area contributed by atoms with Gasteiger partial charge in [0.05, 0.1) is 12.5 Å². The summed E-state index contributed by atoms with van der Waals surface area (Å²) in [5.74, 6) is 0.699. The molecule has 1 unspecified atom stereocenters. The van der Waals surface area contributed by atoms with E-state index in [1.54, 1.807) is 0 Å². The van der Waals surface area contributed by atoms with Gasteiger partial charge in [0.2, 0.25) is 5.91 Å². The fraction of sp³-hybridized carbons (Fsp3) is 0.625. The average molecular weight is 323 g/mol. The zero-order chi connectivity index (χ0) is 16.2. The van der Waals surface area contributed by atoms with Gasteiger partial charge in [-0.1, -0.05) is 13.0 Å². The normalized spacial score (nSPS) is 26.2. The fourth-order valence-electron chi connectivity index (χ4n) is 2.98. The van der Waals surface area contributed by atoms with Crippen molar-refractivity contribution in [3.8, 4) is 0 Å². The highest BCUT2D eigenvalue weighted by molar-refractivity contribution is 7.10. The van der Waals surface area contributed by atoms with Gasteiger partial charge in [-0.2, -0.15) is 0 Å². The number of amides is 3. The van der Waals surface area contributed by atoms with E-state index in [4.69, 9.17) is 5.73 Å². The van der Waals surface area contributed by atoms with Crippen LogP contribution in [0.2, 0.25) is 0 Å². The molecule has 0 aromatic carbocycles. The van der Waals surface area contributed by atoms with E-state index in [2.05, 4.69) is 24.5 Å². The Morgan fingerprint density at radius 3 is 2.68 bits per heavy atom. The second-order valence-electron chi connectivity index (χ2n) is 6.57. The molecule has 1 heterocycles. The Morgan fingerprint density at radius 1 is 1.45 bits per heavy atom. The van der Waals surface area contributed by atoms with Gasteiger partial charge < -0.3 is 16.4 Å². The van der Waals surface area contributed by atoms with Crippen LogP contribution in [0.4, 0.5) is 4.79 Å². The molecular formula is C16H25N3O2S. The first-order chi connectivity index (χ1) is 10.4. The number of hydrogen-bond acceptors (Lipinski definition) is 3. The molecule has 1 aromatic heterocycles.